The van der Waals surface area contributed by atoms with Gasteiger partial charge in [0.25, 0.3) is 0 Å². The summed E-state index contributed by atoms with van der Waals surface area (Å²) in [7, 11) is 0. The second-order valence-electron chi connectivity index (χ2n) is 4.85. The summed E-state index contributed by atoms with van der Waals surface area (Å²) in [5, 5.41) is 8.83. The molecule has 0 aliphatic heterocycles. The molecule has 1 fully saturated rings. The number of rotatable bonds is 3. The van der Waals surface area contributed by atoms with Crippen LogP contribution in [0.5, 0.6) is 0 Å². The maximum Gasteiger partial charge on any atom is 0.335 e. The molecule has 0 aromatic heterocycles. The molecule has 3 nitrogen and oxygen atoms in total. The number of hydrogen-bond donors (Lipinski definition) is 2. The zero-order chi connectivity index (χ0) is 12.3. The van der Waals surface area contributed by atoms with Gasteiger partial charge in [-0.15, -0.1) is 12.4 Å². The third-order valence-corrected chi connectivity index (χ3v) is 3.70. The minimum atomic E-state index is -0.886. The van der Waals surface area contributed by atoms with Gasteiger partial charge in [0, 0.05) is 6.04 Å². The highest BCUT2D eigenvalue weighted by Gasteiger charge is 2.21. The summed E-state index contributed by atoms with van der Waals surface area (Å²) in [6.07, 6.45) is 6.25. The Morgan fingerprint density at radius 2 is 1.72 bits per heavy atom. The molecule has 1 aliphatic carbocycles. The lowest BCUT2D eigenvalue weighted by molar-refractivity contribution is 0.0697. The van der Waals surface area contributed by atoms with Crippen LogP contribution in [0.15, 0.2) is 24.3 Å². The summed E-state index contributed by atoms with van der Waals surface area (Å²) in [4.78, 5) is 10.8. The zero-order valence-corrected chi connectivity index (χ0v) is 11.2. The van der Waals surface area contributed by atoms with Crippen molar-refractivity contribution in [3.05, 3.63) is 35.4 Å². The van der Waals surface area contributed by atoms with Crippen molar-refractivity contribution in [3.8, 4) is 0 Å². The van der Waals surface area contributed by atoms with Crippen LogP contribution in [0, 0.1) is 5.92 Å². The summed E-state index contributed by atoms with van der Waals surface area (Å²) in [6, 6.07) is 7.03. The molecule has 0 saturated heterocycles. The van der Waals surface area contributed by atoms with E-state index in [1.54, 1.807) is 12.1 Å². The lowest BCUT2D eigenvalue weighted by Crippen LogP contribution is -2.23. The van der Waals surface area contributed by atoms with Gasteiger partial charge in [0.15, 0.2) is 0 Å². The van der Waals surface area contributed by atoms with Crippen LogP contribution < -0.4 is 5.73 Å². The summed E-state index contributed by atoms with van der Waals surface area (Å²) in [5.41, 5.74) is 7.63. The quantitative estimate of drug-likeness (QED) is 0.884. The molecular weight excluding hydrogens is 250 g/mol. The van der Waals surface area contributed by atoms with Crippen molar-refractivity contribution < 1.29 is 9.90 Å². The lowest BCUT2D eigenvalue weighted by Gasteiger charge is -2.27. The van der Waals surface area contributed by atoms with E-state index >= 15 is 0 Å². The Morgan fingerprint density at radius 3 is 2.22 bits per heavy atom. The predicted molar refractivity (Wildman–Crippen MR) is 74.2 cm³/mol. The van der Waals surface area contributed by atoms with Crippen LogP contribution in [-0.4, -0.2) is 11.1 Å². The number of nitrogens with two attached hydrogens (primary N) is 1. The molecule has 18 heavy (non-hydrogen) atoms. The van der Waals surface area contributed by atoms with Gasteiger partial charge in [-0.3, -0.25) is 0 Å². The molecule has 1 saturated carbocycles. The third-order valence-electron chi connectivity index (χ3n) is 3.70. The van der Waals surface area contributed by atoms with E-state index < -0.39 is 5.97 Å². The van der Waals surface area contributed by atoms with Crippen LogP contribution in [0.2, 0.25) is 0 Å². The summed E-state index contributed by atoms with van der Waals surface area (Å²) < 4.78 is 0. The molecule has 1 aromatic carbocycles. The Kier molecular flexibility index (Phi) is 5.63. The fraction of sp³-hybridized carbons (Fsp3) is 0.500. The average molecular weight is 270 g/mol. The second-order valence-corrected chi connectivity index (χ2v) is 4.85. The number of hydrogen-bond acceptors (Lipinski definition) is 2. The average Bonchev–Trinajstić information content (AvgIpc) is 2.39. The Balaban J connectivity index is 0.00000162. The van der Waals surface area contributed by atoms with Gasteiger partial charge in [0.1, 0.15) is 0 Å². The van der Waals surface area contributed by atoms with Crippen molar-refractivity contribution in [2.45, 2.75) is 38.1 Å². The Hall–Kier alpha value is -1.06. The lowest BCUT2D eigenvalue weighted by atomic mass is 9.81. The number of halogens is 1. The molecule has 1 aromatic rings. The third kappa shape index (κ3) is 3.47. The van der Waals surface area contributed by atoms with E-state index in [1.807, 2.05) is 12.1 Å². The van der Waals surface area contributed by atoms with Crippen LogP contribution in [0.25, 0.3) is 0 Å². The van der Waals surface area contributed by atoms with Gasteiger partial charge in [-0.05, 0) is 36.5 Å². The Bertz CT molecular complexity index is 385. The standard InChI is InChI=1S/C14H19NO2.ClH/c15-13(10-4-2-1-3-5-10)11-6-8-12(9-7-11)14(16)17;/h6-10,13H,1-5,15H2,(H,16,17);1H/t13-;/m0./s1. The van der Waals surface area contributed by atoms with Gasteiger partial charge in [-0.1, -0.05) is 31.4 Å². The monoisotopic (exact) mass is 269 g/mol. The predicted octanol–water partition coefficient (Wildman–Crippen LogP) is 3.39. The van der Waals surface area contributed by atoms with Crippen LogP contribution >= 0.6 is 12.4 Å². The van der Waals surface area contributed by atoms with Crippen LogP contribution in [0.1, 0.15) is 54.1 Å². The first kappa shape index (κ1) is 15.0. The molecule has 3 N–H and O–H groups in total. The Labute approximate surface area is 114 Å². The molecule has 0 bridgehead atoms. The van der Waals surface area contributed by atoms with Crippen LogP contribution in [-0.2, 0) is 0 Å². The molecule has 0 unspecified atom stereocenters. The first-order valence-corrected chi connectivity index (χ1v) is 6.27. The highest BCUT2D eigenvalue weighted by atomic mass is 35.5. The van der Waals surface area contributed by atoms with Gasteiger partial charge < -0.3 is 10.8 Å². The molecule has 100 valence electrons. The molecule has 0 radical (unpaired) electrons. The first-order chi connectivity index (χ1) is 8.18. The highest BCUT2D eigenvalue weighted by molar-refractivity contribution is 5.87. The fourth-order valence-electron chi connectivity index (χ4n) is 2.61. The number of carboxylic acids is 1. The van der Waals surface area contributed by atoms with E-state index in [1.165, 1.54) is 32.1 Å². The van der Waals surface area contributed by atoms with E-state index in [-0.39, 0.29) is 18.4 Å². The molecule has 2 rings (SSSR count). The number of benzene rings is 1. The minimum absolute atomic E-state index is 0. The van der Waals surface area contributed by atoms with Crippen molar-refractivity contribution in [1.29, 1.82) is 0 Å². The number of carboxylic acid groups (broad SMARTS) is 1. The van der Waals surface area contributed by atoms with Crippen molar-refractivity contribution >= 4 is 18.4 Å². The SMILES string of the molecule is Cl.N[C@H](c1ccc(C(=O)O)cc1)C1CCCCC1. The minimum Gasteiger partial charge on any atom is -0.478 e. The van der Waals surface area contributed by atoms with E-state index in [9.17, 15) is 4.79 Å². The molecule has 0 amide bonds. The van der Waals surface area contributed by atoms with Crippen molar-refractivity contribution in [3.63, 3.8) is 0 Å². The normalized spacial score (nSPS) is 17.8. The largest absolute Gasteiger partial charge is 0.478 e. The molecule has 0 spiro atoms. The maximum atomic E-state index is 10.8. The molecule has 1 aliphatic rings. The van der Waals surface area contributed by atoms with Gasteiger partial charge in [-0.25, -0.2) is 4.79 Å². The molecule has 4 heteroatoms. The summed E-state index contributed by atoms with van der Waals surface area (Å²) in [6.45, 7) is 0. The topological polar surface area (TPSA) is 63.3 Å². The molecular formula is C14H20ClNO2. The van der Waals surface area contributed by atoms with Gasteiger partial charge >= 0.3 is 5.97 Å². The zero-order valence-electron chi connectivity index (χ0n) is 10.3. The fourth-order valence-corrected chi connectivity index (χ4v) is 2.61. The van der Waals surface area contributed by atoms with E-state index in [0.717, 1.165) is 5.56 Å². The first-order valence-electron chi connectivity index (χ1n) is 6.27. The maximum absolute atomic E-state index is 10.8. The number of carbonyl (C=O) groups is 1. The Morgan fingerprint density at radius 1 is 1.17 bits per heavy atom. The van der Waals surface area contributed by atoms with Gasteiger partial charge in [-0.2, -0.15) is 0 Å². The number of aromatic carboxylic acids is 1. The smallest absolute Gasteiger partial charge is 0.335 e. The highest BCUT2D eigenvalue weighted by Crippen LogP contribution is 2.32. The summed E-state index contributed by atoms with van der Waals surface area (Å²) >= 11 is 0. The van der Waals surface area contributed by atoms with Gasteiger partial charge in [0.2, 0.25) is 0 Å². The second kappa shape index (κ2) is 6.76. The van der Waals surface area contributed by atoms with Crippen LogP contribution in [0.3, 0.4) is 0 Å². The van der Waals surface area contributed by atoms with Crippen molar-refractivity contribution in [2.75, 3.05) is 0 Å². The van der Waals surface area contributed by atoms with Crippen molar-refractivity contribution in [1.82, 2.24) is 0 Å². The molecule has 0 heterocycles. The summed E-state index contributed by atoms with van der Waals surface area (Å²) in [5.74, 6) is -0.331. The van der Waals surface area contributed by atoms with Crippen molar-refractivity contribution in [2.24, 2.45) is 11.7 Å². The van der Waals surface area contributed by atoms with Crippen LogP contribution in [0.4, 0.5) is 0 Å². The van der Waals surface area contributed by atoms with E-state index in [2.05, 4.69) is 0 Å². The van der Waals surface area contributed by atoms with Gasteiger partial charge in [0.05, 0.1) is 5.56 Å². The van der Waals surface area contributed by atoms with E-state index in [4.69, 9.17) is 10.8 Å². The van der Waals surface area contributed by atoms with E-state index in [0.29, 0.717) is 11.5 Å². The molecule has 1 atom stereocenters.